The molecule has 2 rings (SSSR count). The van der Waals surface area contributed by atoms with Gasteiger partial charge in [0.2, 0.25) is 5.91 Å². The molecule has 0 bridgehead atoms. The molecule has 0 fully saturated rings. The van der Waals surface area contributed by atoms with Crippen LogP contribution in [-0.4, -0.2) is 25.9 Å². The number of aromatic nitrogens is 3. The highest BCUT2D eigenvalue weighted by Crippen LogP contribution is 2.27. The summed E-state index contributed by atoms with van der Waals surface area (Å²) in [5.41, 5.74) is 7.45. The Morgan fingerprint density at radius 1 is 1.52 bits per heavy atom. The summed E-state index contributed by atoms with van der Waals surface area (Å²) in [5, 5.41) is 8.74. The summed E-state index contributed by atoms with van der Waals surface area (Å²) in [6.45, 7) is 8.13. The van der Waals surface area contributed by atoms with Gasteiger partial charge in [-0.15, -0.1) is 16.8 Å². The molecule has 1 heterocycles. The van der Waals surface area contributed by atoms with E-state index in [9.17, 15) is 4.79 Å². The van der Waals surface area contributed by atoms with Crippen molar-refractivity contribution in [3.63, 3.8) is 0 Å². The zero-order valence-corrected chi connectivity index (χ0v) is 12.9. The van der Waals surface area contributed by atoms with Gasteiger partial charge in [0.15, 0.2) is 11.0 Å². The van der Waals surface area contributed by atoms with Crippen molar-refractivity contribution in [1.82, 2.24) is 14.8 Å². The second-order valence-electron chi connectivity index (χ2n) is 4.74. The molecule has 5 nitrogen and oxygen atoms in total. The Kier molecular flexibility index (Phi) is 4.80. The number of primary amides is 1. The van der Waals surface area contributed by atoms with Gasteiger partial charge in [-0.1, -0.05) is 41.6 Å². The van der Waals surface area contributed by atoms with Crippen LogP contribution in [0.4, 0.5) is 0 Å². The molecule has 0 saturated heterocycles. The Bertz CT molecular complexity index is 665. The minimum atomic E-state index is -0.370. The second kappa shape index (κ2) is 6.58. The number of hydrogen-bond acceptors (Lipinski definition) is 4. The van der Waals surface area contributed by atoms with Gasteiger partial charge in [-0.05, 0) is 19.9 Å². The lowest BCUT2D eigenvalue weighted by Gasteiger charge is -2.10. The van der Waals surface area contributed by atoms with Crippen LogP contribution in [0.15, 0.2) is 42.1 Å². The maximum Gasteiger partial charge on any atom is 0.230 e. The molecule has 0 spiro atoms. The second-order valence-corrected chi connectivity index (χ2v) is 6.05. The first-order chi connectivity index (χ1) is 10.0. The monoisotopic (exact) mass is 302 g/mol. The number of rotatable bonds is 6. The minimum Gasteiger partial charge on any atom is -0.369 e. The number of hydrogen-bond donors (Lipinski definition) is 1. The van der Waals surface area contributed by atoms with E-state index < -0.39 is 0 Å². The number of benzene rings is 1. The Morgan fingerprint density at radius 2 is 2.29 bits per heavy atom. The summed E-state index contributed by atoms with van der Waals surface area (Å²) in [6, 6.07) is 8.05. The van der Waals surface area contributed by atoms with Gasteiger partial charge in [0.1, 0.15) is 0 Å². The summed E-state index contributed by atoms with van der Waals surface area (Å²) in [5.74, 6) is 0.392. The molecule has 2 N–H and O–H groups in total. The number of aryl methyl sites for hydroxylation is 1. The van der Waals surface area contributed by atoms with E-state index in [4.69, 9.17) is 5.73 Å². The third-order valence-electron chi connectivity index (χ3n) is 2.99. The number of nitrogens with zero attached hydrogens (tertiary/aromatic N) is 3. The molecule has 0 aliphatic carbocycles. The van der Waals surface area contributed by atoms with Crippen LogP contribution in [-0.2, 0) is 11.3 Å². The highest BCUT2D eigenvalue weighted by atomic mass is 32.2. The summed E-state index contributed by atoms with van der Waals surface area (Å²) in [6.07, 6.45) is 1.78. The van der Waals surface area contributed by atoms with E-state index in [0.29, 0.717) is 11.7 Å². The van der Waals surface area contributed by atoms with Gasteiger partial charge in [-0.25, -0.2) is 0 Å². The molecule has 1 aromatic carbocycles. The fraction of sp³-hybridized carbons (Fsp3) is 0.267. The number of nitrogens with two attached hydrogens (primary N) is 1. The molecule has 0 saturated carbocycles. The predicted molar refractivity (Wildman–Crippen MR) is 84.9 cm³/mol. The van der Waals surface area contributed by atoms with Gasteiger partial charge in [0.05, 0.1) is 5.25 Å². The van der Waals surface area contributed by atoms with Crippen LogP contribution < -0.4 is 5.73 Å². The van der Waals surface area contributed by atoms with Crippen LogP contribution in [0.5, 0.6) is 0 Å². The largest absolute Gasteiger partial charge is 0.369 e. The summed E-state index contributed by atoms with van der Waals surface area (Å²) in [7, 11) is 0. The third-order valence-corrected chi connectivity index (χ3v) is 4.09. The van der Waals surface area contributed by atoms with E-state index in [2.05, 4.69) is 22.8 Å². The summed E-state index contributed by atoms with van der Waals surface area (Å²) < 4.78 is 1.94. The van der Waals surface area contributed by atoms with Crippen LogP contribution in [0.3, 0.4) is 0 Å². The van der Waals surface area contributed by atoms with E-state index in [1.54, 1.807) is 13.0 Å². The maximum atomic E-state index is 11.2. The van der Waals surface area contributed by atoms with Crippen LogP contribution in [0.1, 0.15) is 12.5 Å². The number of thioether (sulfide) groups is 1. The lowest BCUT2D eigenvalue weighted by atomic mass is 10.1. The number of amides is 1. The average Bonchev–Trinajstić information content (AvgIpc) is 2.82. The molecule has 1 unspecified atom stereocenters. The van der Waals surface area contributed by atoms with Crippen LogP contribution in [0.2, 0.25) is 0 Å². The molecule has 1 aromatic heterocycles. The number of carbonyl (C=O) groups is 1. The Morgan fingerprint density at radius 3 is 2.90 bits per heavy atom. The molecule has 1 amide bonds. The van der Waals surface area contributed by atoms with Crippen LogP contribution in [0.25, 0.3) is 11.4 Å². The highest BCUT2D eigenvalue weighted by molar-refractivity contribution is 8.00. The van der Waals surface area contributed by atoms with Gasteiger partial charge in [0, 0.05) is 12.1 Å². The van der Waals surface area contributed by atoms with Crippen molar-refractivity contribution in [2.45, 2.75) is 30.8 Å². The molecule has 1 atom stereocenters. The lowest BCUT2D eigenvalue weighted by Crippen LogP contribution is -2.23. The van der Waals surface area contributed by atoms with E-state index in [1.165, 1.54) is 11.8 Å². The van der Waals surface area contributed by atoms with Gasteiger partial charge in [0.25, 0.3) is 0 Å². The van der Waals surface area contributed by atoms with Crippen LogP contribution >= 0.6 is 11.8 Å². The molecular weight excluding hydrogens is 284 g/mol. The predicted octanol–water partition coefficient (Wildman–Crippen LogP) is 2.41. The Hall–Kier alpha value is -2.08. The topological polar surface area (TPSA) is 73.8 Å². The molecule has 0 aliphatic heterocycles. The molecule has 21 heavy (non-hydrogen) atoms. The zero-order valence-electron chi connectivity index (χ0n) is 12.1. The molecule has 2 aromatic rings. The number of carbonyl (C=O) groups excluding carboxylic acids is 1. The van der Waals surface area contributed by atoms with Crippen molar-refractivity contribution in [3.8, 4) is 11.4 Å². The fourth-order valence-electron chi connectivity index (χ4n) is 1.88. The average molecular weight is 302 g/mol. The molecule has 0 aliphatic rings. The third kappa shape index (κ3) is 3.52. The number of allylic oxidation sites excluding steroid dienone is 1. The fourth-order valence-corrected chi connectivity index (χ4v) is 2.69. The summed E-state index contributed by atoms with van der Waals surface area (Å²) >= 11 is 1.30. The van der Waals surface area contributed by atoms with E-state index in [1.807, 2.05) is 29.7 Å². The van der Waals surface area contributed by atoms with Gasteiger partial charge in [-0.3, -0.25) is 9.36 Å². The first-order valence-electron chi connectivity index (χ1n) is 6.60. The maximum absolute atomic E-state index is 11.2. The van der Waals surface area contributed by atoms with Crippen molar-refractivity contribution in [2.24, 2.45) is 5.73 Å². The van der Waals surface area contributed by atoms with E-state index in [-0.39, 0.29) is 11.2 Å². The SMILES string of the molecule is C=CCn1c(SC(C)C(N)=O)nnc1-c1cccc(C)c1. The van der Waals surface area contributed by atoms with Crippen molar-refractivity contribution < 1.29 is 4.79 Å². The first kappa shape index (κ1) is 15.3. The van der Waals surface area contributed by atoms with Crippen molar-refractivity contribution in [3.05, 3.63) is 42.5 Å². The highest BCUT2D eigenvalue weighted by Gasteiger charge is 2.18. The van der Waals surface area contributed by atoms with E-state index >= 15 is 0 Å². The van der Waals surface area contributed by atoms with Gasteiger partial charge < -0.3 is 5.73 Å². The van der Waals surface area contributed by atoms with Crippen molar-refractivity contribution in [2.75, 3.05) is 0 Å². The minimum absolute atomic E-state index is 0.358. The van der Waals surface area contributed by atoms with Crippen molar-refractivity contribution in [1.29, 1.82) is 0 Å². The molecule has 110 valence electrons. The molecular formula is C15H18N4OS. The van der Waals surface area contributed by atoms with Gasteiger partial charge >= 0.3 is 0 Å². The summed E-state index contributed by atoms with van der Waals surface area (Å²) in [4.78, 5) is 11.2. The Labute approximate surface area is 128 Å². The van der Waals surface area contributed by atoms with Crippen molar-refractivity contribution >= 4 is 17.7 Å². The quantitative estimate of drug-likeness (QED) is 0.657. The molecule has 0 radical (unpaired) electrons. The van der Waals surface area contributed by atoms with E-state index in [0.717, 1.165) is 17.0 Å². The zero-order chi connectivity index (χ0) is 15.4. The lowest BCUT2D eigenvalue weighted by molar-refractivity contribution is -0.117. The first-order valence-corrected chi connectivity index (χ1v) is 7.48. The Balaban J connectivity index is 2.41. The smallest absolute Gasteiger partial charge is 0.230 e. The van der Waals surface area contributed by atoms with Gasteiger partial charge in [-0.2, -0.15) is 0 Å². The van der Waals surface area contributed by atoms with Crippen LogP contribution in [0, 0.1) is 6.92 Å². The molecule has 6 heteroatoms. The normalized spacial score (nSPS) is 12.1. The standard InChI is InChI=1S/C15H18N4OS/c1-4-8-19-14(12-7-5-6-10(2)9-12)17-18-15(19)21-11(3)13(16)20/h4-7,9,11H,1,8H2,2-3H3,(H2,16,20).